The number of rotatable bonds is 4. The molecule has 0 spiro atoms. The second-order valence-electron chi connectivity index (χ2n) is 2.81. The van der Waals surface area contributed by atoms with E-state index in [1.807, 2.05) is 12.1 Å². The van der Waals surface area contributed by atoms with Crippen molar-refractivity contribution in [2.75, 3.05) is 7.05 Å². The molecule has 0 saturated carbocycles. The lowest BCUT2D eigenvalue weighted by Crippen LogP contribution is -2.40. The Morgan fingerprint density at radius 3 is 3.00 bits per heavy atom. The van der Waals surface area contributed by atoms with Crippen molar-refractivity contribution in [3.8, 4) is 0 Å². The molecular weight excluding hydrogens is 166 g/mol. The van der Waals surface area contributed by atoms with Gasteiger partial charge in [-0.25, -0.2) is 0 Å². The van der Waals surface area contributed by atoms with Crippen molar-refractivity contribution >= 4 is 5.91 Å². The van der Waals surface area contributed by atoms with Crippen LogP contribution in [0, 0.1) is 0 Å². The van der Waals surface area contributed by atoms with E-state index < -0.39 is 0 Å². The lowest BCUT2D eigenvalue weighted by atomic mass is 10.1. The third-order valence-corrected chi connectivity index (χ3v) is 1.85. The maximum atomic E-state index is 10.9. The minimum atomic E-state index is -0.341. The smallest absolute Gasteiger partial charge is 0.234 e. The Hall–Kier alpha value is -1.42. The van der Waals surface area contributed by atoms with Crippen LogP contribution in [0.15, 0.2) is 24.5 Å². The van der Waals surface area contributed by atoms with Gasteiger partial charge in [-0.1, -0.05) is 6.07 Å². The molecule has 0 aromatic carbocycles. The summed E-state index contributed by atoms with van der Waals surface area (Å²) in [5.74, 6) is -0.341. The predicted octanol–water partition coefficient (Wildman–Crippen LogP) is -0.303. The lowest BCUT2D eigenvalue weighted by Gasteiger charge is -2.11. The number of nitrogens with two attached hydrogens (primary N) is 1. The minimum Gasteiger partial charge on any atom is -0.368 e. The predicted molar refractivity (Wildman–Crippen MR) is 50.0 cm³/mol. The number of aromatic nitrogens is 1. The molecule has 70 valence electrons. The van der Waals surface area contributed by atoms with Gasteiger partial charge in [-0.3, -0.25) is 9.78 Å². The van der Waals surface area contributed by atoms with Crippen molar-refractivity contribution in [3.63, 3.8) is 0 Å². The summed E-state index contributed by atoms with van der Waals surface area (Å²) < 4.78 is 0. The van der Waals surface area contributed by atoms with E-state index in [0.717, 1.165) is 5.56 Å². The standard InChI is InChI=1S/C9H13N3O/c1-11-8(9(10)13)5-7-3-2-4-12-6-7/h2-4,6,8,11H,5H2,1H3,(H2,10,13). The highest BCUT2D eigenvalue weighted by Crippen LogP contribution is 2.00. The Kier molecular flexibility index (Phi) is 3.40. The summed E-state index contributed by atoms with van der Waals surface area (Å²) in [4.78, 5) is 14.8. The van der Waals surface area contributed by atoms with Gasteiger partial charge in [0.2, 0.25) is 5.91 Å². The van der Waals surface area contributed by atoms with E-state index >= 15 is 0 Å². The van der Waals surface area contributed by atoms with Gasteiger partial charge in [0, 0.05) is 12.4 Å². The van der Waals surface area contributed by atoms with Crippen LogP contribution in [0.3, 0.4) is 0 Å². The molecule has 1 aromatic heterocycles. The molecule has 1 unspecified atom stereocenters. The van der Waals surface area contributed by atoms with Crippen LogP contribution in [0.5, 0.6) is 0 Å². The molecule has 0 bridgehead atoms. The minimum absolute atomic E-state index is 0.316. The second kappa shape index (κ2) is 4.57. The molecule has 4 nitrogen and oxygen atoms in total. The molecule has 1 rings (SSSR count). The number of hydrogen-bond donors (Lipinski definition) is 2. The molecule has 1 aromatic rings. The molecular formula is C9H13N3O. The van der Waals surface area contributed by atoms with Gasteiger partial charge in [-0.05, 0) is 25.1 Å². The van der Waals surface area contributed by atoms with Crippen LogP contribution >= 0.6 is 0 Å². The summed E-state index contributed by atoms with van der Waals surface area (Å²) in [6.45, 7) is 0. The number of nitrogens with zero attached hydrogens (tertiary/aromatic N) is 1. The number of carbonyl (C=O) groups excluding carboxylic acids is 1. The SMILES string of the molecule is CNC(Cc1cccnc1)C(N)=O. The number of hydrogen-bond acceptors (Lipinski definition) is 3. The van der Waals surface area contributed by atoms with Gasteiger partial charge >= 0.3 is 0 Å². The Balaban J connectivity index is 2.62. The van der Waals surface area contributed by atoms with Crippen LogP contribution in [0.25, 0.3) is 0 Å². The summed E-state index contributed by atoms with van der Waals surface area (Å²) in [5.41, 5.74) is 6.17. The Bertz CT molecular complexity index is 273. The largest absolute Gasteiger partial charge is 0.368 e. The average molecular weight is 179 g/mol. The molecule has 0 fully saturated rings. The zero-order chi connectivity index (χ0) is 9.68. The topological polar surface area (TPSA) is 68.0 Å². The highest BCUT2D eigenvalue weighted by molar-refractivity contribution is 5.80. The zero-order valence-corrected chi connectivity index (χ0v) is 7.53. The van der Waals surface area contributed by atoms with Crippen molar-refractivity contribution in [1.29, 1.82) is 0 Å². The third-order valence-electron chi connectivity index (χ3n) is 1.85. The third kappa shape index (κ3) is 2.83. The number of amides is 1. The maximum absolute atomic E-state index is 10.9. The van der Waals surface area contributed by atoms with E-state index in [0.29, 0.717) is 6.42 Å². The van der Waals surface area contributed by atoms with E-state index in [4.69, 9.17) is 5.73 Å². The van der Waals surface area contributed by atoms with Gasteiger partial charge in [0.1, 0.15) is 0 Å². The Labute approximate surface area is 77.2 Å². The first-order valence-electron chi connectivity index (χ1n) is 4.09. The molecule has 13 heavy (non-hydrogen) atoms. The van der Waals surface area contributed by atoms with E-state index in [2.05, 4.69) is 10.3 Å². The van der Waals surface area contributed by atoms with E-state index in [-0.39, 0.29) is 11.9 Å². The first kappa shape index (κ1) is 9.67. The fraction of sp³-hybridized carbons (Fsp3) is 0.333. The van der Waals surface area contributed by atoms with Gasteiger partial charge in [0.15, 0.2) is 0 Å². The average Bonchev–Trinajstić information content (AvgIpc) is 2.15. The van der Waals surface area contributed by atoms with Crippen molar-refractivity contribution < 1.29 is 4.79 Å². The fourth-order valence-electron chi connectivity index (χ4n) is 1.10. The zero-order valence-electron chi connectivity index (χ0n) is 7.53. The van der Waals surface area contributed by atoms with Crippen LogP contribution in [-0.4, -0.2) is 24.0 Å². The fourth-order valence-corrected chi connectivity index (χ4v) is 1.10. The summed E-state index contributed by atoms with van der Waals surface area (Å²) in [7, 11) is 1.71. The molecule has 0 aliphatic rings. The van der Waals surface area contributed by atoms with E-state index in [1.165, 1.54) is 0 Å². The number of pyridine rings is 1. The Morgan fingerprint density at radius 2 is 2.54 bits per heavy atom. The van der Waals surface area contributed by atoms with Crippen LogP contribution in [0.1, 0.15) is 5.56 Å². The molecule has 3 N–H and O–H groups in total. The molecule has 0 radical (unpaired) electrons. The van der Waals surface area contributed by atoms with Crippen molar-refractivity contribution in [2.45, 2.75) is 12.5 Å². The van der Waals surface area contributed by atoms with Crippen molar-refractivity contribution in [1.82, 2.24) is 10.3 Å². The molecule has 1 amide bonds. The van der Waals surface area contributed by atoms with Crippen LogP contribution in [0.4, 0.5) is 0 Å². The van der Waals surface area contributed by atoms with Gasteiger partial charge in [-0.15, -0.1) is 0 Å². The Morgan fingerprint density at radius 1 is 1.77 bits per heavy atom. The molecule has 0 saturated heterocycles. The van der Waals surface area contributed by atoms with Crippen LogP contribution in [-0.2, 0) is 11.2 Å². The van der Waals surface area contributed by atoms with E-state index in [1.54, 1.807) is 19.4 Å². The quantitative estimate of drug-likeness (QED) is 0.666. The highest BCUT2D eigenvalue weighted by atomic mass is 16.1. The summed E-state index contributed by atoms with van der Waals surface area (Å²) in [5, 5.41) is 2.85. The maximum Gasteiger partial charge on any atom is 0.234 e. The number of primary amides is 1. The second-order valence-corrected chi connectivity index (χ2v) is 2.81. The van der Waals surface area contributed by atoms with Gasteiger partial charge < -0.3 is 11.1 Å². The number of nitrogens with one attached hydrogen (secondary N) is 1. The molecule has 0 aliphatic heterocycles. The first-order valence-corrected chi connectivity index (χ1v) is 4.09. The van der Waals surface area contributed by atoms with E-state index in [9.17, 15) is 4.79 Å². The van der Waals surface area contributed by atoms with Crippen molar-refractivity contribution in [3.05, 3.63) is 30.1 Å². The normalized spacial score (nSPS) is 12.4. The van der Waals surface area contributed by atoms with Crippen LogP contribution < -0.4 is 11.1 Å². The number of likely N-dealkylation sites (N-methyl/N-ethyl adjacent to an activating group) is 1. The van der Waals surface area contributed by atoms with Crippen LogP contribution in [0.2, 0.25) is 0 Å². The summed E-state index contributed by atoms with van der Waals surface area (Å²) in [6, 6.07) is 3.44. The van der Waals surface area contributed by atoms with Crippen molar-refractivity contribution in [2.24, 2.45) is 5.73 Å². The first-order chi connectivity index (χ1) is 6.24. The molecule has 1 heterocycles. The molecule has 0 aliphatic carbocycles. The molecule has 1 atom stereocenters. The van der Waals surface area contributed by atoms with Gasteiger partial charge in [-0.2, -0.15) is 0 Å². The summed E-state index contributed by atoms with van der Waals surface area (Å²) >= 11 is 0. The highest BCUT2D eigenvalue weighted by Gasteiger charge is 2.12. The summed E-state index contributed by atoms with van der Waals surface area (Å²) in [6.07, 6.45) is 4.01. The monoisotopic (exact) mass is 179 g/mol. The van der Waals surface area contributed by atoms with Gasteiger partial charge in [0.25, 0.3) is 0 Å². The lowest BCUT2D eigenvalue weighted by molar-refractivity contribution is -0.119. The number of carbonyl (C=O) groups is 1. The molecule has 4 heteroatoms. The van der Waals surface area contributed by atoms with Gasteiger partial charge in [0.05, 0.1) is 6.04 Å².